The van der Waals surface area contributed by atoms with Gasteiger partial charge in [-0.2, -0.15) is 0 Å². The van der Waals surface area contributed by atoms with Crippen molar-refractivity contribution in [1.29, 1.82) is 0 Å². The van der Waals surface area contributed by atoms with E-state index in [0.29, 0.717) is 30.2 Å². The number of hydrogen-bond acceptors (Lipinski definition) is 2. The van der Waals surface area contributed by atoms with E-state index in [0.717, 1.165) is 22.9 Å². The zero-order valence-electron chi connectivity index (χ0n) is 14.3. The molecule has 3 rings (SSSR count). The van der Waals surface area contributed by atoms with Crippen LogP contribution in [-0.4, -0.2) is 29.8 Å². The first-order chi connectivity index (χ1) is 12.5. The molecule has 2 amide bonds. The molecular weight excluding hydrogens is 416 g/mol. The van der Waals surface area contributed by atoms with Crippen LogP contribution in [-0.2, 0) is 16.0 Å². The molecule has 0 aliphatic carbocycles. The number of halogens is 2. The number of nitrogens with zero attached hydrogens (tertiary/aromatic N) is 1. The molecule has 2 aromatic carbocycles. The van der Waals surface area contributed by atoms with E-state index < -0.39 is 0 Å². The number of benzene rings is 2. The molecule has 0 bridgehead atoms. The summed E-state index contributed by atoms with van der Waals surface area (Å²) in [4.78, 5) is 27.0. The predicted molar refractivity (Wildman–Crippen MR) is 107 cm³/mol. The smallest absolute Gasteiger partial charge is 0.229 e. The monoisotopic (exact) mass is 434 g/mol. The SMILES string of the molecule is O=C(Nc1ccc(Br)cc1Cl)C1CCCN(C(=O)Cc2ccccc2)C1. The summed E-state index contributed by atoms with van der Waals surface area (Å²) >= 11 is 9.52. The van der Waals surface area contributed by atoms with E-state index in [1.807, 2.05) is 36.4 Å². The van der Waals surface area contributed by atoms with E-state index in [-0.39, 0.29) is 17.7 Å². The Bertz CT molecular complexity index is 798. The van der Waals surface area contributed by atoms with Gasteiger partial charge in [-0.25, -0.2) is 0 Å². The van der Waals surface area contributed by atoms with Crippen LogP contribution < -0.4 is 5.32 Å². The minimum atomic E-state index is -0.219. The van der Waals surface area contributed by atoms with Crippen LogP contribution in [0.25, 0.3) is 0 Å². The van der Waals surface area contributed by atoms with Gasteiger partial charge in [0.1, 0.15) is 0 Å². The quantitative estimate of drug-likeness (QED) is 0.767. The lowest BCUT2D eigenvalue weighted by atomic mass is 9.96. The zero-order valence-corrected chi connectivity index (χ0v) is 16.6. The maximum Gasteiger partial charge on any atom is 0.229 e. The lowest BCUT2D eigenvalue weighted by Gasteiger charge is -2.32. The van der Waals surface area contributed by atoms with Crippen LogP contribution in [0, 0.1) is 5.92 Å². The number of hydrogen-bond donors (Lipinski definition) is 1. The summed E-state index contributed by atoms with van der Waals surface area (Å²) in [5.41, 5.74) is 1.58. The van der Waals surface area contributed by atoms with Crippen molar-refractivity contribution < 1.29 is 9.59 Å². The Balaban J connectivity index is 1.60. The summed E-state index contributed by atoms with van der Waals surface area (Å²) in [5.74, 6) is -0.245. The van der Waals surface area contributed by atoms with Gasteiger partial charge in [0.25, 0.3) is 0 Å². The summed E-state index contributed by atoms with van der Waals surface area (Å²) in [6, 6.07) is 15.0. The van der Waals surface area contributed by atoms with Crippen molar-refractivity contribution in [3.8, 4) is 0 Å². The van der Waals surface area contributed by atoms with Crippen LogP contribution in [0.3, 0.4) is 0 Å². The highest BCUT2D eigenvalue weighted by Gasteiger charge is 2.28. The summed E-state index contributed by atoms with van der Waals surface area (Å²) in [5, 5.41) is 3.37. The standard InChI is InChI=1S/C20H20BrClN2O2/c21-16-8-9-18(17(22)12-16)23-20(26)15-7-4-10-24(13-15)19(25)11-14-5-2-1-3-6-14/h1-3,5-6,8-9,12,15H,4,7,10-11,13H2,(H,23,26). The highest BCUT2D eigenvalue weighted by Crippen LogP contribution is 2.27. The minimum absolute atomic E-state index is 0.0652. The maximum absolute atomic E-state index is 12.6. The third-order valence-electron chi connectivity index (χ3n) is 4.53. The summed E-state index contributed by atoms with van der Waals surface area (Å²) < 4.78 is 0.857. The van der Waals surface area contributed by atoms with E-state index in [2.05, 4.69) is 21.2 Å². The van der Waals surface area contributed by atoms with Crippen molar-refractivity contribution >= 4 is 45.0 Å². The molecule has 4 nitrogen and oxygen atoms in total. The number of anilines is 1. The second-order valence-electron chi connectivity index (χ2n) is 6.45. The highest BCUT2D eigenvalue weighted by atomic mass is 79.9. The number of amides is 2. The van der Waals surface area contributed by atoms with Gasteiger partial charge in [-0.3, -0.25) is 9.59 Å². The van der Waals surface area contributed by atoms with Gasteiger partial charge in [0.15, 0.2) is 0 Å². The first kappa shape index (κ1) is 18.9. The molecule has 136 valence electrons. The lowest BCUT2D eigenvalue weighted by molar-refractivity contribution is -0.133. The van der Waals surface area contributed by atoms with Crippen molar-refractivity contribution in [2.45, 2.75) is 19.3 Å². The molecule has 1 heterocycles. The third-order valence-corrected chi connectivity index (χ3v) is 5.34. The maximum atomic E-state index is 12.6. The first-order valence-corrected chi connectivity index (χ1v) is 9.77. The van der Waals surface area contributed by atoms with E-state index in [1.165, 1.54) is 0 Å². The summed E-state index contributed by atoms with van der Waals surface area (Å²) in [6.07, 6.45) is 1.97. The number of carbonyl (C=O) groups is 2. The Morgan fingerprint density at radius 3 is 2.69 bits per heavy atom. The van der Waals surface area contributed by atoms with Crippen LogP contribution in [0.4, 0.5) is 5.69 Å². The second kappa shape index (κ2) is 8.69. The van der Waals surface area contributed by atoms with E-state index in [9.17, 15) is 9.59 Å². The van der Waals surface area contributed by atoms with Gasteiger partial charge in [0.05, 0.1) is 23.0 Å². The molecule has 26 heavy (non-hydrogen) atoms. The van der Waals surface area contributed by atoms with E-state index in [1.54, 1.807) is 17.0 Å². The van der Waals surface area contributed by atoms with Crippen molar-refractivity contribution in [3.63, 3.8) is 0 Å². The largest absolute Gasteiger partial charge is 0.342 e. The topological polar surface area (TPSA) is 49.4 Å². The molecule has 0 radical (unpaired) electrons. The van der Waals surface area contributed by atoms with Gasteiger partial charge in [-0.05, 0) is 36.6 Å². The molecule has 1 aliphatic rings. The third kappa shape index (κ3) is 4.86. The minimum Gasteiger partial charge on any atom is -0.342 e. The molecule has 1 aliphatic heterocycles. The van der Waals surface area contributed by atoms with Gasteiger partial charge in [-0.15, -0.1) is 0 Å². The van der Waals surface area contributed by atoms with Crippen LogP contribution >= 0.6 is 27.5 Å². The Morgan fingerprint density at radius 1 is 1.19 bits per heavy atom. The Hall–Kier alpha value is -1.85. The van der Waals surface area contributed by atoms with Gasteiger partial charge in [-0.1, -0.05) is 57.9 Å². The molecule has 0 aromatic heterocycles. The van der Waals surface area contributed by atoms with Crippen molar-refractivity contribution in [1.82, 2.24) is 4.90 Å². The van der Waals surface area contributed by atoms with Crippen LogP contribution in [0.15, 0.2) is 53.0 Å². The molecule has 1 N–H and O–H groups in total. The van der Waals surface area contributed by atoms with Crippen LogP contribution in [0.5, 0.6) is 0 Å². The van der Waals surface area contributed by atoms with Gasteiger partial charge < -0.3 is 10.2 Å². The first-order valence-electron chi connectivity index (χ1n) is 8.60. The normalized spacial score (nSPS) is 17.0. The number of carbonyl (C=O) groups excluding carboxylic acids is 2. The molecule has 1 saturated heterocycles. The zero-order chi connectivity index (χ0) is 18.5. The molecule has 0 saturated carbocycles. The van der Waals surface area contributed by atoms with Crippen LogP contribution in [0.1, 0.15) is 18.4 Å². The Kier molecular flexibility index (Phi) is 6.33. The van der Waals surface area contributed by atoms with E-state index >= 15 is 0 Å². The Morgan fingerprint density at radius 2 is 1.96 bits per heavy atom. The highest BCUT2D eigenvalue weighted by molar-refractivity contribution is 9.10. The van der Waals surface area contributed by atoms with Gasteiger partial charge >= 0.3 is 0 Å². The second-order valence-corrected chi connectivity index (χ2v) is 7.78. The molecule has 1 atom stereocenters. The molecular formula is C20H20BrClN2O2. The van der Waals surface area contributed by atoms with Gasteiger partial charge in [0.2, 0.25) is 11.8 Å². The Labute approximate surface area is 166 Å². The fourth-order valence-corrected chi connectivity index (χ4v) is 3.85. The average molecular weight is 436 g/mol. The predicted octanol–water partition coefficient (Wildman–Crippen LogP) is 4.52. The van der Waals surface area contributed by atoms with Crippen molar-refractivity contribution in [2.75, 3.05) is 18.4 Å². The average Bonchev–Trinajstić information content (AvgIpc) is 2.65. The number of likely N-dealkylation sites (tertiary alicyclic amines) is 1. The number of nitrogens with one attached hydrogen (secondary N) is 1. The molecule has 1 unspecified atom stereocenters. The summed E-state index contributed by atoms with van der Waals surface area (Å²) in [6.45, 7) is 1.15. The number of piperidine rings is 1. The van der Waals surface area contributed by atoms with Crippen molar-refractivity contribution in [2.24, 2.45) is 5.92 Å². The van der Waals surface area contributed by atoms with Crippen LogP contribution in [0.2, 0.25) is 5.02 Å². The van der Waals surface area contributed by atoms with E-state index in [4.69, 9.17) is 11.6 Å². The molecule has 0 spiro atoms. The molecule has 2 aromatic rings. The van der Waals surface area contributed by atoms with Crippen molar-refractivity contribution in [3.05, 3.63) is 63.6 Å². The molecule has 1 fully saturated rings. The number of rotatable bonds is 4. The fourth-order valence-electron chi connectivity index (χ4n) is 3.13. The molecule has 6 heteroatoms. The lowest BCUT2D eigenvalue weighted by Crippen LogP contribution is -2.44. The van der Waals surface area contributed by atoms with Gasteiger partial charge in [0, 0.05) is 17.6 Å². The fraction of sp³-hybridized carbons (Fsp3) is 0.300. The summed E-state index contributed by atoms with van der Waals surface area (Å²) in [7, 11) is 0.